The maximum Gasteiger partial charge on any atom is 0.128 e. The predicted molar refractivity (Wildman–Crippen MR) is 66.2 cm³/mol. The summed E-state index contributed by atoms with van der Waals surface area (Å²) in [6, 6.07) is 4.22. The Morgan fingerprint density at radius 1 is 1.33 bits per heavy atom. The number of nitrogens with two attached hydrogens (primary N) is 1. The summed E-state index contributed by atoms with van der Waals surface area (Å²) >= 11 is 3.18. The molecule has 2 aromatic heterocycles. The minimum atomic E-state index is 0.621. The molecule has 2 N–H and O–H groups in total. The first kappa shape index (κ1) is 10.2. The number of nitriles is 1. The van der Waals surface area contributed by atoms with Gasteiger partial charge in [-0.25, -0.2) is 0 Å². The van der Waals surface area contributed by atoms with Crippen molar-refractivity contribution in [3.05, 3.63) is 27.5 Å². The summed E-state index contributed by atoms with van der Waals surface area (Å²) in [6.07, 6.45) is 0. The van der Waals surface area contributed by atoms with Gasteiger partial charge in [-0.1, -0.05) is 0 Å². The van der Waals surface area contributed by atoms with Crippen molar-refractivity contribution in [2.75, 3.05) is 5.73 Å². The molecule has 15 heavy (non-hydrogen) atoms. The highest BCUT2D eigenvalue weighted by atomic mass is 32.1. The fraction of sp³-hybridized carbons (Fsp3) is 0.182. The van der Waals surface area contributed by atoms with Crippen LogP contribution in [0.3, 0.4) is 0 Å². The molecule has 0 bridgehead atoms. The van der Waals surface area contributed by atoms with Crippen LogP contribution >= 0.6 is 22.7 Å². The average molecular weight is 234 g/mol. The third-order valence-electron chi connectivity index (χ3n) is 2.36. The molecule has 0 aromatic carbocycles. The van der Waals surface area contributed by atoms with Gasteiger partial charge in [0.2, 0.25) is 0 Å². The first-order valence-electron chi connectivity index (χ1n) is 4.48. The molecule has 2 heterocycles. The highest BCUT2D eigenvalue weighted by Gasteiger charge is 2.15. The zero-order chi connectivity index (χ0) is 11.0. The summed E-state index contributed by atoms with van der Waals surface area (Å²) in [5.74, 6) is 0. The van der Waals surface area contributed by atoms with Gasteiger partial charge in [-0.15, -0.1) is 22.7 Å². The fourth-order valence-electron chi connectivity index (χ4n) is 1.43. The van der Waals surface area contributed by atoms with Crippen LogP contribution in [0, 0.1) is 25.2 Å². The molecule has 0 aliphatic heterocycles. The van der Waals surface area contributed by atoms with Gasteiger partial charge in [0.05, 0.1) is 10.6 Å². The molecule has 2 aromatic rings. The van der Waals surface area contributed by atoms with Crippen LogP contribution in [-0.2, 0) is 0 Å². The Bertz CT molecular complexity index is 543. The van der Waals surface area contributed by atoms with Crippen molar-refractivity contribution in [2.45, 2.75) is 13.8 Å². The standard InChI is InChI=1S/C11H10N2S2/c1-6-3-4-14-10(6)11-7(2)9(13)8(5-12)15-11/h3-4H,13H2,1-2H3. The number of rotatable bonds is 1. The topological polar surface area (TPSA) is 49.8 Å². The van der Waals surface area contributed by atoms with Gasteiger partial charge in [-0.3, -0.25) is 0 Å². The Balaban J connectivity index is 2.66. The van der Waals surface area contributed by atoms with Crippen LogP contribution in [0.25, 0.3) is 9.75 Å². The Hall–Kier alpha value is -1.31. The van der Waals surface area contributed by atoms with E-state index in [1.165, 1.54) is 21.8 Å². The van der Waals surface area contributed by atoms with Crippen LogP contribution < -0.4 is 5.73 Å². The maximum atomic E-state index is 8.91. The van der Waals surface area contributed by atoms with E-state index in [4.69, 9.17) is 11.0 Å². The first-order valence-corrected chi connectivity index (χ1v) is 6.18. The van der Waals surface area contributed by atoms with Gasteiger partial charge in [0.25, 0.3) is 0 Å². The molecule has 2 nitrogen and oxygen atoms in total. The monoisotopic (exact) mass is 234 g/mol. The molecule has 0 radical (unpaired) electrons. The van der Waals surface area contributed by atoms with Crippen molar-refractivity contribution in [1.82, 2.24) is 0 Å². The van der Waals surface area contributed by atoms with Gasteiger partial charge in [-0.2, -0.15) is 5.26 Å². The molecule has 0 atom stereocenters. The minimum Gasteiger partial charge on any atom is -0.397 e. The quantitative estimate of drug-likeness (QED) is 0.820. The van der Waals surface area contributed by atoms with Gasteiger partial charge < -0.3 is 5.73 Å². The fourth-order valence-corrected chi connectivity index (χ4v) is 3.65. The van der Waals surface area contributed by atoms with E-state index in [-0.39, 0.29) is 0 Å². The van der Waals surface area contributed by atoms with E-state index in [0.717, 1.165) is 10.4 Å². The van der Waals surface area contributed by atoms with Crippen LogP contribution in [0.2, 0.25) is 0 Å². The van der Waals surface area contributed by atoms with Gasteiger partial charge in [0.15, 0.2) is 0 Å². The summed E-state index contributed by atoms with van der Waals surface area (Å²) in [5, 5.41) is 11.0. The van der Waals surface area contributed by atoms with Crippen LogP contribution in [0.4, 0.5) is 5.69 Å². The van der Waals surface area contributed by atoms with Gasteiger partial charge in [-0.05, 0) is 36.4 Å². The Morgan fingerprint density at radius 2 is 2.07 bits per heavy atom. The molecule has 0 saturated heterocycles. The van der Waals surface area contributed by atoms with E-state index in [0.29, 0.717) is 10.6 Å². The zero-order valence-corrected chi connectivity index (χ0v) is 10.1. The largest absolute Gasteiger partial charge is 0.397 e. The summed E-state index contributed by atoms with van der Waals surface area (Å²) in [5.41, 5.74) is 8.77. The SMILES string of the molecule is Cc1ccsc1-c1sc(C#N)c(N)c1C. The van der Waals surface area contributed by atoms with Crippen LogP contribution in [0.5, 0.6) is 0 Å². The van der Waals surface area contributed by atoms with Crippen molar-refractivity contribution in [3.63, 3.8) is 0 Å². The lowest BCUT2D eigenvalue weighted by Crippen LogP contribution is -1.87. The minimum absolute atomic E-state index is 0.621. The zero-order valence-electron chi connectivity index (χ0n) is 8.50. The molecule has 0 unspecified atom stereocenters. The second kappa shape index (κ2) is 3.69. The number of anilines is 1. The number of aryl methyl sites for hydroxylation is 1. The highest BCUT2D eigenvalue weighted by molar-refractivity contribution is 7.22. The lowest BCUT2D eigenvalue weighted by Gasteiger charge is -1.97. The molecule has 0 aliphatic rings. The van der Waals surface area contributed by atoms with E-state index < -0.39 is 0 Å². The lowest BCUT2D eigenvalue weighted by molar-refractivity contribution is 1.49. The van der Waals surface area contributed by atoms with Crippen molar-refractivity contribution in [2.24, 2.45) is 0 Å². The first-order chi connectivity index (χ1) is 7.15. The summed E-state index contributed by atoms with van der Waals surface area (Å²) < 4.78 is 0. The van der Waals surface area contributed by atoms with E-state index in [2.05, 4.69) is 24.4 Å². The Kier molecular flexibility index (Phi) is 2.51. The number of hydrogen-bond acceptors (Lipinski definition) is 4. The Labute approximate surface area is 96.6 Å². The third kappa shape index (κ3) is 1.54. The lowest BCUT2D eigenvalue weighted by atomic mass is 10.2. The van der Waals surface area contributed by atoms with Gasteiger partial charge in [0.1, 0.15) is 10.9 Å². The molecular formula is C11H10N2S2. The molecule has 0 amide bonds. The van der Waals surface area contributed by atoms with Crippen LogP contribution in [-0.4, -0.2) is 0 Å². The molecule has 0 spiro atoms. The summed E-state index contributed by atoms with van der Waals surface area (Å²) in [6.45, 7) is 4.05. The molecule has 0 fully saturated rings. The molecular weight excluding hydrogens is 224 g/mol. The highest BCUT2D eigenvalue weighted by Crippen LogP contribution is 2.41. The number of nitrogen functional groups attached to an aromatic ring is 1. The Morgan fingerprint density at radius 3 is 2.53 bits per heavy atom. The van der Waals surface area contributed by atoms with Crippen LogP contribution in [0.1, 0.15) is 16.0 Å². The van der Waals surface area contributed by atoms with Gasteiger partial charge >= 0.3 is 0 Å². The maximum absolute atomic E-state index is 8.91. The summed E-state index contributed by atoms with van der Waals surface area (Å²) in [4.78, 5) is 2.98. The molecule has 0 aliphatic carbocycles. The van der Waals surface area contributed by atoms with Crippen molar-refractivity contribution < 1.29 is 0 Å². The second-order valence-electron chi connectivity index (χ2n) is 3.34. The van der Waals surface area contributed by atoms with Crippen molar-refractivity contribution in [1.29, 1.82) is 5.26 Å². The molecule has 0 saturated carbocycles. The normalized spacial score (nSPS) is 10.2. The van der Waals surface area contributed by atoms with E-state index in [9.17, 15) is 0 Å². The number of thiophene rings is 2. The van der Waals surface area contributed by atoms with E-state index in [1.807, 2.05) is 6.92 Å². The molecule has 4 heteroatoms. The number of nitrogens with zero attached hydrogens (tertiary/aromatic N) is 1. The predicted octanol–water partition coefficient (Wildman–Crippen LogP) is 3.55. The third-order valence-corrected chi connectivity index (χ3v) is 4.76. The number of hydrogen-bond donors (Lipinski definition) is 1. The van der Waals surface area contributed by atoms with E-state index in [1.54, 1.807) is 11.3 Å². The second-order valence-corrected chi connectivity index (χ2v) is 5.28. The van der Waals surface area contributed by atoms with Crippen molar-refractivity contribution >= 4 is 28.4 Å². The average Bonchev–Trinajstić information content (AvgIpc) is 2.74. The summed E-state index contributed by atoms with van der Waals surface area (Å²) in [7, 11) is 0. The van der Waals surface area contributed by atoms with Crippen molar-refractivity contribution in [3.8, 4) is 15.8 Å². The van der Waals surface area contributed by atoms with E-state index >= 15 is 0 Å². The molecule has 2 rings (SSSR count). The van der Waals surface area contributed by atoms with Gasteiger partial charge in [0, 0.05) is 4.88 Å². The molecule has 76 valence electrons. The smallest absolute Gasteiger partial charge is 0.128 e. The van der Waals surface area contributed by atoms with Crippen LogP contribution in [0.15, 0.2) is 11.4 Å².